The molecule has 158 valence electrons. The molecule has 0 aliphatic carbocycles. The van der Waals surface area contributed by atoms with Gasteiger partial charge in [-0.1, -0.05) is 57.3 Å². The number of ether oxygens (including phenoxy) is 2. The molecule has 3 aromatic rings. The van der Waals surface area contributed by atoms with Gasteiger partial charge in [-0.2, -0.15) is 5.26 Å². The molecule has 0 radical (unpaired) electrons. The summed E-state index contributed by atoms with van der Waals surface area (Å²) >= 11 is 19.2. The summed E-state index contributed by atoms with van der Waals surface area (Å²) in [5.74, 6) is 1.13. The second-order valence-electron chi connectivity index (χ2n) is 6.46. The van der Waals surface area contributed by atoms with Gasteiger partial charge in [0.05, 0.1) is 22.7 Å². The topological polar surface area (TPSA) is 42.2 Å². The van der Waals surface area contributed by atoms with Crippen molar-refractivity contribution in [3.63, 3.8) is 0 Å². The number of benzene rings is 3. The van der Waals surface area contributed by atoms with Crippen LogP contribution in [0.15, 0.2) is 63.5 Å². The first-order chi connectivity index (χ1) is 14.9. The van der Waals surface area contributed by atoms with Gasteiger partial charge in [0.1, 0.15) is 6.61 Å². The molecule has 0 saturated heterocycles. The van der Waals surface area contributed by atoms with Crippen LogP contribution in [-0.4, -0.2) is 6.61 Å². The standard InChI is InChI=1S/C24H17Br2Cl2NO2/c1-2-30-23-11-15(9-18(13-29)16-3-6-19(25)7-4-16)10-21(26)24(23)31-14-17-5-8-20(27)12-22(17)28/h3-12H,2,14H2,1H3/b18-9-. The van der Waals surface area contributed by atoms with E-state index >= 15 is 0 Å². The molecule has 7 heteroatoms. The molecule has 0 heterocycles. The Hall–Kier alpha value is -1.97. The van der Waals surface area contributed by atoms with Crippen molar-refractivity contribution in [2.45, 2.75) is 13.5 Å². The molecule has 0 unspecified atom stereocenters. The summed E-state index contributed by atoms with van der Waals surface area (Å²) in [6, 6.07) is 18.9. The molecule has 0 aliphatic heterocycles. The summed E-state index contributed by atoms with van der Waals surface area (Å²) in [6.07, 6.45) is 1.82. The molecule has 3 rings (SSSR count). The third-order valence-electron chi connectivity index (χ3n) is 4.31. The number of hydrogen-bond donors (Lipinski definition) is 0. The van der Waals surface area contributed by atoms with Gasteiger partial charge in [-0.25, -0.2) is 0 Å². The molecule has 0 aromatic heterocycles. The Labute approximate surface area is 208 Å². The van der Waals surface area contributed by atoms with Crippen LogP contribution in [0.2, 0.25) is 10.0 Å². The minimum Gasteiger partial charge on any atom is -0.490 e. The third kappa shape index (κ3) is 6.27. The molecule has 0 N–H and O–H groups in total. The zero-order valence-electron chi connectivity index (χ0n) is 16.5. The maximum atomic E-state index is 9.64. The van der Waals surface area contributed by atoms with E-state index in [9.17, 15) is 5.26 Å². The van der Waals surface area contributed by atoms with E-state index in [0.29, 0.717) is 38.2 Å². The van der Waals surface area contributed by atoms with Crippen molar-refractivity contribution in [2.24, 2.45) is 0 Å². The van der Waals surface area contributed by atoms with Crippen LogP contribution < -0.4 is 9.47 Å². The Kier molecular flexibility index (Phi) is 8.45. The van der Waals surface area contributed by atoms with Crippen molar-refractivity contribution in [3.8, 4) is 17.6 Å². The minimum atomic E-state index is 0.256. The summed E-state index contributed by atoms with van der Waals surface area (Å²) in [7, 11) is 0. The van der Waals surface area contributed by atoms with Crippen LogP contribution >= 0.6 is 55.1 Å². The first kappa shape index (κ1) is 23.7. The Morgan fingerprint density at radius 1 is 1.03 bits per heavy atom. The normalized spacial score (nSPS) is 11.2. The average molecular weight is 582 g/mol. The Bertz CT molecular complexity index is 1160. The fraction of sp³-hybridized carbons (Fsp3) is 0.125. The predicted octanol–water partition coefficient (Wildman–Crippen LogP) is 8.56. The van der Waals surface area contributed by atoms with Gasteiger partial charge in [0.15, 0.2) is 11.5 Å². The van der Waals surface area contributed by atoms with Gasteiger partial charge in [0.25, 0.3) is 0 Å². The number of nitriles is 1. The second kappa shape index (κ2) is 11.1. The maximum absolute atomic E-state index is 9.64. The van der Waals surface area contributed by atoms with Crippen molar-refractivity contribution < 1.29 is 9.47 Å². The lowest BCUT2D eigenvalue weighted by molar-refractivity contribution is 0.267. The van der Waals surface area contributed by atoms with Crippen LogP contribution in [0, 0.1) is 11.3 Å². The lowest BCUT2D eigenvalue weighted by Gasteiger charge is -2.15. The third-order valence-corrected chi connectivity index (χ3v) is 6.01. The molecule has 31 heavy (non-hydrogen) atoms. The van der Waals surface area contributed by atoms with E-state index < -0.39 is 0 Å². The van der Waals surface area contributed by atoms with Crippen LogP contribution in [0.25, 0.3) is 11.6 Å². The number of allylic oxidation sites excluding steroid dienone is 1. The number of rotatable bonds is 7. The predicted molar refractivity (Wildman–Crippen MR) is 134 cm³/mol. The van der Waals surface area contributed by atoms with Gasteiger partial charge in [0.2, 0.25) is 0 Å². The highest BCUT2D eigenvalue weighted by atomic mass is 79.9. The maximum Gasteiger partial charge on any atom is 0.175 e. The van der Waals surface area contributed by atoms with Crippen LogP contribution in [0.1, 0.15) is 23.6 Å². The largest absolute Gasteiger partial charge is 0.490 e. The summed E-state index contributed by atoms with van der Waals surface area (Å²) in [4.78, 5) is 0. The zero-order chi connectivity index (χ0) is 22.4. The van der Waals surface area contributed by atoms with Crippen molar-refractivity contribution in [1.29, 1.82) is 5.26 Å². The van der Waals surface area contributed by atoms with E-state index in [4.69, 9.17) is 32.7 Å². The van der Waals surface area contributed by atoms with Crippen molar-refractivity contribution in [1.82, 2.24) is 0 Å². The summed E-state index contributed by atoms with van der Waals surface area (Å²) in [5, 5.41) is 10.7. The Morgan fingerprint density at radius 2 is 1.77 bits per heavy atom. The monoisotopic (exact) mass is 579 g/mol. The first-order valence-corrected chi connectivity index (χ1v) is 11.7. The van der Waals surface area contributed by atoms with E-state index in [1.807, 2.05) is 55.5 Å². The molecule has 0 spiro atoms. The fourth-order valence-corrected chi connectivity index (χ4v) is 4.14. The summed E-state index contributed by atoms with van der Waals surface area (Å²) in [6.45, 7) is 2.63. The molecule has 0 saturated carbocycles. The molecular formula is C24H17Br2Cl2NO2. The lowest BCUT2D eigenvalue weighted by Crippen LogP contribution is -2.01. The van der Waals surface area contributed by atoms with E-state index in [1.165, 1.54) is 0 Å². The quantitative estimate of drug-likeness (QED) is 0.207. The van der Waals surface area contributed by atoms with Crippen LogP contribution in [-0.2, 0) is 6.61 Å². The zero-order valence-corrected chi connectivity index (χ0v) is 21.1. The second-order valence-corrected chi connectivity index (χ2v) is 9.08. The first-order valence-electron chi connectivity index (χ1n) is 9.32. The summed E-state index contributed by atoms with van der Waals surface area (Å²) < 4.78 is 13.5. The molecule has 0 bridgehead atoms. The SMILES string of the molecule is CCOc1cc(/C=C(/C#N)c2ccc(Br)cc2)cc(Br)c1OCc1ccc(Cl)cc1Cl. The highest BCUT2D eigenvalue weighted by Gasteiger charge is 2.14. The smallest absolute Gasteiger partial charge is 0.175 e. The molecule has 0 fully saturated rings. The molecule has 3 aromatic carbocycles. The summed E-state index contributed by atoms with van der Waals surface area (Å²) in [5.41, 5.74) is 3.00. The van der Waals surface area contributed by atoms with Gasteiger partial charge in [-0.15, -0.1) is 0 Å². The number of nitrogens with zero attached hydrogens (tertiary/aromatic N) is 1. The Balaban J connectivity index is 1.92. The van der Waals surface area contributed by atoms with E-state index in [0.717, 1.165) is 21.2 Å². The molecule has 0 aliphatic rings. The van der Waals surface area contributed by atoms with Gasteiger partial charge in [-0.05, 0) is 76.5 Å². The van der Waals surface area contributed by atoms with Crippen LogP contribution in [0.3, 0.4) is 0 Å². The fourth-order valence-electron chi connectivity index (χ4n) is 2.84. The van der Waals surface area contributed by atoms with E-state index in [-0.39, 0.29) is 6.61 Å². The highest BCUT2D eigenvalue weighted by Crippen LogP contribution is 2.39. The number of halogens is 4. The number of hydrogen-bond acceptors (Lipinski definition) is 3. The van der Waals surface area contributed by atoms with Crippen molar-refractivity contribution in [3.05, 3.63) is 90.3 Å². The molecule has 3 nitrogen and oxygen atoms in total. The van der Waals surface area contributed by atoms with Crippen molar-refractivity contribution >= 4 is 66.7 Å². The molecule has 0 atom stereocenters. The molecular weight excluding hydrogens is 565 g/mol. The van der Waals surface area contributed by atoms with Gasteiger partial charge in [-0.3, -0.25) is 0 Å². The minimum absolute atomic E-state index is 0.256. The van der Waals surface area contributed by atoms with Gasteiger partial charge in [0, 0.05) is 20.1 Å². The Morgan fingerprint density at radius 3 is 2.42 bits per heavy atom. The van der Waals surface area contributed by atoms with Gasteiger partial charge < -0.3 is 9.47 Å². The van der Waals surface area contributed by atoms with Crippen molar-refractivity contribution in [2.75, 3.05) is 6.61 Å². The van der Waals surface area contributed by atoms with Gasteiger partial charge >= 0.3 is 0 Å². The van der Waals surface area contributed by atoms with E-state index in [2.05, 4.69) is 37.9 Å². The van der Waals surface area contributed by atoms with E-state index in [1.54, 1.807) is 12.1 Å². The average Bonchev–Trinajstić information content (AvgIpc) is 2.73. The van der Waals surface area contributed by atoms with Crippen LogP contribution in [0.5, 0.6) is 11.5 Å². The highest BCUT2D eigenvalue weighted by molar-refractivity contribution is 9.10. The van der Waals surface area contributed by atoms with Crippen LogP contribution in [0.4, 0.5) is 0 Å². The molecule has 0 amide bonds. The lowest BCUT2D eigenvalue weighted by atomic mass is 10.0.